The summed E-state index contributed by atoms with van der Waals surface area (Å²) in [6, 6.07) is 9.16. The first kappa shape index (κ1) is 17.0. The number of nitrogens with one attached hydrogen (secondary N) is 1. The second-order valence-electron chi connectivity index (χ2n) is 7.89. The standard InChI is InChI=1S/C21H26N4O2/c26-21(22-17-11-15-3-1-2-4-16(15)12-17)19-13-25-9-8-24(7-5-20(25)23-19)18-6-10-27-14-18/h1-4,13,17-18H,5-12,14H2,(H,22,26). The third kappa shape index (κ3) is 3.39. The fraction of sp³-hybridized carbons (Fsp3) is 0.524. The molecule has 0 saturated carbocycles. The number of carbonyl (C=O) groups is 1. The molecule has 0 spiro atoms. The molecule has 1 N–H and O–H groups in total. The second kappa shape index (κ2) is 7.09. The van der Waals surface area contributed by atoms with Gasteiger partial charge >= 0.3 is 0 Å². The number of benzene rings is 1. The first-order chi connectivity index (χ1) is 13.3. The molecule has 5 rings (SSSR count). The molecular weight excluding hydrogens is 340 g/mol. The molecule has 1 atom stereocenters. The maximum Gasteiger partial charge on any atom is 0.271 e. The van der Waals surface area contributed by atoms with Gasteiger partial charge in [0.05, 0.1) is 6.61 Å². The van der Waals surface area contributed by atoms with Crippen molar-refractivity contribution in [2.24, 2.45) is 0 Å². The highest BCUT2D eigenvalue weighted by Crippen LogP contribution is 2.22. The number of carbonyl (C=O) groups excluding carboxylic acids is 1. The number of fused-ring (bicyclic) bond motifs is 2. The Kier molecular flexibility index (Phi) is 4.45. The third-order valence-electron chi connectivity index (χ3n) is 6.15. The van der Waals surface area contributed by atoms with E-state index < -0.39 is 0 Å². The van der Waals surface area contributed by atoms with Crippen LogP contribution in [0.25, 0.3) is 0 Å². The van der Waals surface area contributed by atoms with Gasteiger partial charge in [-0.3, -0.25) is 9.69 Å². The molecule has 27 heavy (non-hydrogen) atoms. The molecule has 1 amide bonds. The summed E-state index contributed by atoms with van der Waals surface area (Å²) in [5, 5.41) is 3.18. The summed E-state index contributed by atoms with van der Waals surface area (Å²) in [6.45, 7) is 4.60. The summed E-state index contributed by atoms with van der Waals surface area (Å²) in [4.78, 5) is 19.9. The van der Waals surface area contributed by atoms with Crippen molar-refractivity contribution in [1.29, 1.82) is 0 Å². The van der Waals surface area contributed by atoms with E-state index in [9.17, 15) is 4.79 Å². The molecule has 1 unspecified atom stereocenters. The zero-order valence-corrected chi connectivity index (χ0v) is 15.6. The minimum absolute atomic E-state index is 0.0468. The summed E-state index contributed by atoms with van der Waals surface area (Å²) in [5.74, 6) is 0.978. The minimum Gasteiger partial charge on any atom is -0.380 e. The van der Waals surface area contributed by atoms with E-state index in [1.807, 2.05) is 6.20 Å². The van der Waals surface area contributed by atoms with Gasteiger partial charge in [0, 0.05) is 50.9 Å². The summed E-state index contributed by atoms with van der Waals surface area (Å²) < 4.78 is 7.69. The van der Waals surface area contributed by atoms with Gasteiger partial charge in [0.2, 0.25) is 0 Å². The van der Waals surface area contributed by atoms with Crippen molar-refractivity contribution in [3.8, 4) is 0 Å². The lowest BCUT2D eigenvalue weighted by atomic mass is 10.1. The highest BCUT2D eigenvalue weighted by atomic mass is 16.5. The Labute approximate surface area is 159 Å². The smallest absolute Gasteiger partial charge is 0.271 e. The summed E-state index contributed by atoms with van der Waals surface area (Å²) in [6.07, 6.45) is 5.77. The molecule has 1 aromatic heterocycles. The number of imidazole rings is 1. The summed E-state index contributed by atoms with van der Waals surface area (Å²) in [7, 11) is 0. The number of aromatic nitrogens is 2. The van der Waals surface area contributed by atoms with Crippen LogP contribution in [-0.2, 0) is 30.5 Å². The van der Waals surface area contributed by atoms with Crippen molar-refractivity contribution in [2.45, 2.75) is 44.3 Å². The Morgan fingerprint density at radius 2 is 1.96 bits per heavy atom. The van der Waals surface area contributed by atoms with E-state index in [1.165, 1.54) is 11.1 Å². The molecule has 3 aliphatic rings. The molecule has 3 heterocycles. The average Bonchev–Trinajstić information content (AvgIpc) is 3.39. The summed E-state index contributed by atoms with van der Waals surface area (Å²) >= 11 is 0. The normalized spacial score (nSPS) is 23.0. The average molecular weight is 366 g/mol. The molecule has 2 aliphatic heterocycles. The molecule has 2 aromatic rings. The van der Waals surface area contributed by atoms with Crippen LogP contribution in [-0.4, -0.2) is 58.7 Å². The molecule has 0 bridgehead atoms. The van der Waals surface area contributed by atoms with Crippen molar-refractivity contribution in [3.63, 3.8) is 0 Å². The maximum atomic E-state index is 12.7. The molecule has 0 radical (unpaired) electrons. The van der Waals surface area contributed by atoms with Gasteiger partial charge in [-0.1, -0.05) is 24.3 Å². The number of ether oxygens (including phenoxy) is 1. The van der Waals surface area contributed by atoms with Gasteiger partial charge in [0.1, 0.15) is 11.5 Å². The van der Waals surface area contributed by atoms with Crippen LogP contribution in [0.5, 0.6) is 0 Å². The number of hydrogen-bond donors (Lipinski definition) is 1. The first-order valence-corrected chi connectivity index (χ1v) is 10.0. The number of hydrogen-bond acceptors (Lipinski definition) is 4. The van der Waals surface area contributed by atoms with Gasteiger partial charge in [0.25, 0.3) is 5.91 Å². The molecule has 1 aliphatic carbocycles. The highest BCUT2D eigenvalue weighted by Gasteiger charge is 2.27. The zero-order valence-electron chi connectivity index (χ0n) is 15.6. The number of amides is 1. The largest absolute Gasteiger partial charge is 0.380 e. The Bertz CT molecular complexity index is 790. The Morgan fingerprint density at radius 3 is 2.70 bits per heavy atom. The van der Waals surface area contributed by atoms with Crippen LogP contribution < -0.4 is 5.32 Å². The van der Waals surface area contributed by atoms with Crippen molar-refractivity contribution >= 4 is 5.91 Å². The fourth-order valence-electron chi connectivity index (χ4n) is 4.64. The van der Waals surface area contributed by atoms with Gasteiger partial charge in [-0.15, -0.1) is 0 Å². The monoisotopic (exact) mass is 366 g/mol. The SMILES string of the molecule is O=C(NC1Cc2ccccc2C1)c1cn2c(n1)CCN(C1CCOC1)CC2. The Balaban J connectivity index is 1.22. The molecule has 1 aromatic carbocycles. The molecule has 142 valence electrons. The van der Waals surface area contributed by atoms with E-state index in [1.54, 1.807) is 0 Å². The van der Waals surface area contributed by atoms with Crippen LogP contribution >= 0.6 is 0 Å². The lowest BCUT2D eigenvalue weighted by molar-refractivity contribution is 0.0933. The van der Waals surface area contributed by atoms with Crippen molar-refractivity contribution in [1.82, 2.24) is 19.8 Å². The topological polar surface area (TPSA) is 59.4 Å². The van der Waals surface area contributed by atoms with Crippen molar-refractivity contribution in [3.05, 3.63) is 53.1 Å². The van der Waals surface area contributed by atoms with Crippen molar-refractivity contribution < 1.29 is 9.53 Å². The van der Waals surface area contributed by atoms with E-state index in [0.717, 1.165) is 64.4 Å². The van der Waals surface area contributed by atoms with Crippen LogP contribution in [0.2, 0.25) is 0 Å². The number of rotatable bonds is 3. The minimum atomic E-state index is -0.0468. The van der Waals surface area contributed by atoms with E-state index >= 15 is 0 Å². The first-order valence-electron chi connectivity index (χ1n) is 10.0. The van der Waals surface area contributed by atoms with E-state index in [-0.39, 0.29) is 11.9 Å². The fourth-order valence-corrected chi connectivity index (χ4v) is 4.64. The van der Waals surface area contributed by atoms with Crippen LogP contribution in [0.4, 0.5) is 0 Å². The Morgan fingerprint density at radius 1 is 1.15 bits per heavy atom. The van der Waals surface area contributed by atoms with Gasteiger partial charge in [-0.25, -0.2) is 4.98 Å². The molecule has 1 fully saturated rings. The van der Waals surface area contributed by atoms with Gasteiger partial charge < -0.3 is 14.6 Å². The zero-order chi connectivity index (χ0) is 18.2. The number of nitrogens with zero attached hydrogens (tertiary/aromatic N) is 3. The lowest BCUT2D eigenvalue weighted by Gasteiger charge is -2.25. The van der Waals surface area contributed by atoms with Crippen LogP contribution in [0, 0.1) is 0 Å². The van der Waals surface area contributed by atoms with Gasteiger partial charge in [-0.05, 0) is 30.4 Å². The quantitative estimate of drug-likeness (QED) is 0.893. The molecule has 1 saturated heterocycles. The van der Waals surface area contributed by atoms with Crippen LogP contribution in [0.3, 0.4) is 0 Å². The molecule has 6 nitrogen and oxygen atoms in total. The third-order valence-corrected chi connectivity index (χ3v) is 6.15. The van der Waals surface area contributed by atoms with Crippen molar-refractivity contribution in [2.75, 3.05) is 26.3 Å². The van der Waals surface area contributed by atoms with Gasteiger partial charge in [0.15, 0.2) is 0 Å². The molecular formula is C21H26N4O2. The van der Waals surface area contributed by atoms with Crippen LogP contribution in [0.1, 0.15) is 33.9 Å². The maximum absolute atomic E-state index is 12.7. The summed E-state index contributed by atoms with van der Waals surface area (Å²) in [5.41, 5.74) is 3.25. The highest BCUT2D eigenvalue weighted by molar-refractivity contribution is 5.92. The second-order valence-corrected chi connectivity index (χ2v) is 7.89. The van der Waals surface area contributed by atoms with Crippen LogP contribution in [0.15, 0.2) is 30.5 Å². The predicted octanol–water partition coefficient (Wildman–Crippen LogP) is 1.43. The Hall–Kier alpha value is -2.18. The predicted molar refractivity (Wildman–Crippen MR) is 102 cm³/mol. The van der Waals surface area contributed by atoms with Gasteiger partial charge in [-0.2, -0.15) is 0 Å². The van der Waals surface area contributed by atoms with E-state index in [0.29, 0.717) is 11.7 Å². The lowest BCUT2D eigenvalue weighted by Crippen LogP contribution is -2.38. The molecule has 6 heteroatoms. The van der Waals surface area contributed by atoms with E-state index in [4.69, 9.17) is 4.74 Å². The van der Waals surface area contributed by atoms with E-state index in [2.05, 4.69) is 44.0 Å².